The number of hydrogen-bond donors (Lipinski definition) is 0. The molecular weight excluding hydrogens is 528 g/mol. The van der Waals surface area contributed by atoms with Gasteiger partial charge in [0.2, 0.25) is 0 Å². The second kappa shape index (κ2) is 8.74. The van der Waals surface area contributed by atoms with Gasteiger partial charge >= 0.3 is 0 Å². The molecule has 0 N–H and O–H groups in total. The van der Waals surface area contributed by atoms with Crippen LogP contribution in [0.4, 0.5) is 0 Å². The van der Waals surface area contributed by atoms with Crippen LogP contribution in [-0.2, 0) is 6.42 Å². The first-order valence-electron chi connectivity index (χ1n) is 11.8. The number of fused-ring (bicyclic) bond motifs is 4. The molecule has 1 aliphatic heterocycles. The Labute approximate surface area is 222 Å². The maximum Gasteiger partial charge on any atom is 0.0351 e. The van der Waals surface area contributed by atoms with E-state index < -0.39 is 0 Å². The monoisotopic (exact) mass is 548 g/mol. The molecule has 0 amide bonds. The number of benzene rings is 5. The lowest BCUT2D eigenvalue weighted by Crippen LogP contribution is -2.16. The Bertz CT molecular complexity index is 1590. The Balaban J connectivity index is 1.38. The van der Waals surface area contributed by atoms with Gasteiger partial charge in [-0.05, 0) is 75.7 Å². The molecule has 1 heterocycles. The maximum absolute atomic E-state index is 3.62. The summed E-state index contributed by atoms with van der Waals surface area (Å²) in [6, 6.07) is 40.4. The van der Waals surface area contributed by atoms with Gasteiger partial charge in [-0.2, -0.15) is 0 Å². The molecule has 0 fully saturated rings. The zero-order valence-electron chi connectivity index (χ0n) is 18.9. The highest BCUT2D eigenvalue weighted by molar-refractivity contribution is 9.10. The third-order valence-electron chi connectivity index (χ3n) is 6.97. The maximum atomic E-state index is 3.62. The molecule has 1 atom stereocenters. The summed E-state index contributed by atoms with van der Waals surface area (Å²) in [6.45, 7) is 0. The van der Waals surface area contributed by atoms with Crippen LogP contribution in [0.2, 0.25) is 0 Å². The van der Waals surface area contributed by atoms with Crippen molar-refractivity contribution in [2.45, 2.75) is 31.9 Å². The van der Waals surface area contributed by atoms with Gasteiger partial charge in [-0.25, -0.2) is 0 Å². The van der Waals surface area contributed by atoms with Crippen molar-refractivity contribution in [3.8, 4) is 11.1 Å². The fraction of sp³-hybridized carbons (Fsp3) is 0.0625. The minimum absolute atomic E-state index is 0.239. The Morgan fingerprint density at radius 1 is 0.600 bits per heavy atom. The van der Waals surface area contributed by atoms with Gasteiger partial charge in [0.05, 0.1) is 0 Å². The van der Waals surface area contributed by atoms with E-state index in [1.54, 1.807) is 0 Å². The van der Waals surface area contributed by atoms with E-state index in [0.717, 1.165) is 10.9 Å². The van der Waals surface area contributed by atoms with Gasteiger partial charge in [0, 0.05) is 30.0 Å². The summed E-state index contributed by atoms with van der Waals surface area (Å²) in [4.78, 5) is 5.32. The van der Waals surface area contributed by atoms with Crippen LogP contribution in [-0.4, -0.2) is 0 Å². The van der Waals surface area contributed by atoms with Gasteiger partial charge in [-0.15, -0.1) is 0 Å². The molecule has 0 bridgehead atoms. The molecule has 0 saturated carbocycles. The average Bonchev–Trinajstić information content (AvgIpc) is 2.90. The lowest BCUT2D eigenvalue weighted by Gasteiger charge is -2.31. The second-order valence-electron chi connectivity index (χ2n) is 9.05. The standard InChI is InChI=1S/C32H21BrS2/c33-24-14-16-28-30(19-24)35-27-15-13-22(18-29(27)34-28)26-12-6-10-23-17-21-9-4-5-11-25(21)31(32(23)26)20-7-2-1-3-8-20/h1-16,18-19,31H,17H2. The summed E-state index contributed by atoms with van der Waals surface area (Å²) >= 11 is 7.37. The van der Waals surface area contributed by atoms with Crippen LogP contribution < -0.4 is 0 Å². The van der Waals surface area contributed by atoms with Gasteiger partial charge in [-0.1, -0.05) is 118 Å². The first-order chi connectivity index (χ1) is 17.2. The van der Waals surface area contributed by atoms with Gasteiger partial charge in [0.25, 0.3) is 0 Å². The highest BCUT2D eigenvalue weighted by atomic mass is 79.9. The molecule has 168 valence electrons. The fourth-order valence-electron chi connectivity index (χ4n) is 5.41. The van der Waals surface area contributed by atoms with Crippen molar-refractivity contribution in [1.82, 2.24) is 0 Å². The van der Waals surface area contributed by atoms with E-state index in [0.29, 0.717) is 0 Å². The fourth-order valence-corrected chi connectivity index (χ4v) is 8.20. The molecule has 2 aliphatic rings. The summed E-state index contributed by atoms with van der Waals surface area (Å²) in [5.41, 5.74) is 9.76. The Morgan fingerprint density at radius 2 is 1.31 bits per heavy atom. The summed E-state index contributed by atoms with van der Waals surface area (Å²) in [7, 11) is 0. The van der Waals surface area contributed by atoms with Crippen LogP contribution >= 0.6 is 39.5 Å². The molecule has 0 spiro atoms. The van der Waals surface area contributed by atoms with E-state index in [4.69, 9.17) is 0 Å². The van der Waals surface area contributed by atoms with E-state index in [9.17, 15) is 0 Å². The van der Waals surface area contributed by atoms with E-state index in [1.807, 2.05) is 23.5 Å². The molecule has 35 heavy (non-hydrogen) atoms. The zero-order valence-corrected chi connectivity index (χ0v) is 22.1. The van der Waals surface area contributed by atoms with Crippen LogP contribution in [0.5, 0.6) is 0 Å². The van der Waals surface area contributed by atoms with Gasteiger partial charge in [0.15, 0.2) is 0 Å². The quantitative estimate of drug-likeness (QED) is 0.211. The number of halogens is 1. The Kier molecular flexibility index (Phi) is 5.38. The number of hydrogen-bond acceptors (Lipinski definition) is 2. The van der Waals surface area contributed by atoms with Crippen molar-refractivity contribution in [2.75, 3.05) is 0 Å². The van der Waals surface area contributed by atoms with Crippen molar-refractivity contribution < 1.29 is 0 Å². The molecule has 0 aromatic heterocycles. The second-order valence-corrected chi connectivity index (χ2v) is 12.1. The molecule has 7 rings (SSSR count). The Hall–Kier alpha value is -2.72. The van der Waals surface area contributed by atoms with E-state index in [2.05, 4.69) is 125 Å². The van der Waals surface area contributed by atoms with Gasteiger partial charge in [-0.3, -0.25) is 0 Å². The predicted molar refractivity (Wildman–Crippen MR) is 151 cm³/mol. The van der Waals surface area contributed by atoms with Crippen LogP contribution in [0.25, 0.3) is 11.1 Å². The lowest BCUT2D eigenvalue weighted by molar-refractivity contribution is 0.887. The SMILES string of the molecule is Brc1ccc2c(c1)Sc1ccc(-c3cccc4c3C(c3ccccc3)c3ccccc3C4)cc1S2. The van der Waals surface area contributed by atoms with Crippen LogP contribution in [0, 0.1) is 0 Å². The molecule has 0 nitrogen and oxygen atoms in total. The first-order valence-corrected chi connectivity index (χ1v) is 14.2. The molecule has 0 saturated heterocycles. The van der Waals surface area contributed by atoms with Gasteiger partial charge in [0.1, 0.15) is 0 Å². The largest absolute Gasteiger partial charge is 0.0877 e. The molecule has 3 heteroatoms. The minimum atomic E-state index is 0.239. The van der Waals surface area contributed by atoms with Crippen LogP contribution in [0.1, 0.15) is 33.7 Å². The van der Waals surface area contributed by atoms with Crippen molar-refractivity contribution in [2.24, 2.45) is 0 Å². The summed E-state index contributed by atoms with van der Waals surface area (Å²) < 4.78 is 1.13. The third-order valence-corrected chi connectivity index (χ3v) is 9.98. The van der Waals surface area contributed by atoms with E-state index in [1.165, 1.54) is 58.5 Å². The van der Waals surface area contributed by atoms with E-state index >= 15 is 0 Å². The van der Waals surface area contributed by atoms with Gasteiger partial charge < -0.3 is 0 Å². The predicted octanol–water partition coefficient (Wildman–Crippen LogP) is 9.82. The normalized spacial score (nSPS) is 15.5. The highest BCUT2D eigenvalue weighted by Crippen LogP contribution is 2.51. The first kappa shape index (κ1) is 21.6. The molecular formula is C32H21BrS2. The highest BCUT2D eigenvalue weighted by Gasteiger charge is 2.29. The summed E-state index contributed by atoms with van der Waals surface area (Å²) in [5, 5.41) is 0. The third kappa shape index (κ3) is 3.78. The molecule has 1 aliphatic carbocycles. The molecule has 1 unspecified atom stereocenters. The molecule has 5 aromatic carbocycles. The molecule has 5 aromatic rings. The van der Waals surface area contributed by atoms with Crippen molar-refractivity contribution in [3.05, 3.63) is 141 Å². The van der Waals surface area contributed by atoms with Crippen molar-refractivity contribution in [3.63, 3.8) is 0 Å². The Morgan fingerprint density at radius 3 is 2.17 bits per heavy atom. The topological polar surface area (TPSA) is 0 Å². The summed E-state index contributed by atoms with van der Waals surface area (Å²) in [6.07, 6.45) is 0.987. The lowest BCUT2D eigenvalue weighted by atomic mass is 9.72. The van der Waals surface area contributed by atoms with Crippen LogP contribution in [0.15, 0.2) is 133 Å². The summed E-state index contributed by atoms with van der Waals surface area (Å²) in [5.74, 6) is 0.239. The zero-order chi connectivity index (χ0) is 23.4. The van der Waals surface area contributed by atoms with Crippen molar-refractivity contribution in [1.29, 1.82) is 0 Å². The van der Waals surface area contributed by atoms with E-state index in [-0.39, 0.29) is 5.92 Å². The average molecular weight is 550 g/mol. The van der Waals surface area contributed by atoms with Crippen molar-refractivity contribution >= 4 is 39.5 Å². The smallest absolute Gasteiger partial charge is 0.0351 e. The minimum Gasteiger partial charge on any atom is -0.0877 e. The number of rotatable bonds is 2. The van der Waals surface area contributed by atoms with Crippen LogP contribution in [0.3, 0.4) is 0 Å². The molecule has 0 radical (unpaired) electrons.